The minimum atomic E-state index is 0.568. The summed E-state index contributed by atoms with van der Waals surface area (Å²) < 4.78 is 6.47. The van der Waals surface area contributed by atoms with Crippen molar-refractivity contribution in [2.45, 2.75) is 13.8 Å². The fourth-order valence-electron chi connectivity index (χ4n) is 5.22. The van der Waals surface area contributed by atoms with Crippen molar-refractivity contribution in [2.75, 3.05) is 0 Å². The van der Waals surface area contributed by atoms with Gasteiger partial charge in [-0.25, -0.2) is 15.0 Å². The monoisotopic (exact) mass is 504 g/mol. The first kappa shape index (κ1) is 23.0. The van der Waals surface area contributed by atoms with Crippen molar-refractivity contribution in [3.8, 4) is 45.3 Å². The molecule has 4 aromatic carbocycles. The van der Waals surface area contributed by atoms with Gasteiger partial charge in [0.25, 0.3) is 0 Å². The molecule has 0 radical (unpaired) electrons. The maximum absolute atomic E-state index is 6.47. The molecule has 5 nitrogen and oxygen atoms in total. The van der Waals surface area contributed by atoms with E-state index in [9.17, 15) is 0 Å². The Labute approximate surface area is 225 Å². The van der Waals surface area contributed by atoms with Crippen molar-refractivity contribution in [2.24, 2.45) is 0 Å². The van der Waals surface area contributed by atoms with Gasteiger partial charge in [0.1, 0.15) is 11.2 Å². The molecule has 39 heavy (non-hydrogen) atoms. The zero-order valence-electron chi connectivity index (χ0n) is 21.6. The lowest BCUT2D eigenvalue weighted by molar-refractivity contribution is 0.669. The number of rotatable bonds is 4. The molecule has 0 fully saturated rings. The molecular formula is C34H24N4O. The summed E-state index contributed by atoms with van der Waals surface area (Å²) in [4.78, 5) is 19.3. The van der Waals surface area contributed by atoms with Crippen LogP contribution in [0.2, 0.25) is 0 Å². The fraction of sp³-hybridized carbons (Fsp3) is 0.0588. The summed E-state index contributed by atoms with van der Waals surface area (Å²) in [6.45, 7) is 4.19. The minimum absolute atomic E-state index is 0.568. The Bertz CT molecular complexity index is 1900. The van der Waals surface area contributed by atoms with E-state index >= 15 is 0 Å². The summed E-state index contributed by atoms with van der Waals surface area (Å²) in [5.41, 5.74) is 8.71. The quantitative estimate of drug-likeness (QED) is 0.241. The van der Waals surface area contributed by atoms with Gasteiger partial charge < -0.3 is 4.42 Å². The zero-order valence-corrected chi connectivity index (χ0v) is 21.6. The summed E-state index contributed by atoms with van der Waals surface area (Å²) in [7, 11) is 0. The fourth-order valence-corrected chi connectivity index (χ4v) is 5.22. The van der Waals surface area contributed by atoms with Gasteiger partial charge >= 0.3 is 0 Å². The number of aromatic nitrogens is 4. The lowest BCUT2D eigenvalue weighted by atomic mass is 9.94. The molecular weight excluding hydrogens is 480 g/mol. The Hall–Kier alpha value is -5.16. The lowest BCUT2D eigenvalue weighted by Crippen LogP contribution is -2.00. The van der Waals surface area contributed by atoms with Crippen LogP contribution in [0.25, 0.3) is 67.2 Å². The molecule has 0 amide bonds. The van der Waals surface area contributed by atoms with Crippen molar-refractivity contribution in [3.05, 3.63) is 121 Å². The average molecular weight is 505 g/mol. The molecule has 7 rings (SSSR count). The molecule has 186 valence electrons. The average Bonchev–Trinajstić information content (AvgIpc) is 3.36. The standard InChI is InChI=1S/C34H24N4O/c1-21-19-35-20-22(2)30(21)25-17-27-26-15-9-10-16-29(26)39-31(27)28(18-25)34-37-32(23-11-5-3-6-12-23)36-33(38-34)24-13-7-4-8-14-24/h3-20H,1-2H3. The minimum Gasteiger partial charge on any atom is -0.455 e. The van der Waals surface area contributed by atoms with Crippen LogP contribution in [0.3, 0.4) is 0 Å². The second-order valence-corrected chi connectivity index (χ2v) is 9.69. The van der Waals surface area contributed by atoms with E-state index in [0.717, 1.165) is 60.9 Å². The lowest BCUT2D eigenvalue weighted by Gasteiger charge is -2.13. The van der Waals surface area contributed by atoms with E-state index in [-0.39, 0.29) is 0 Å². The highest BCUT2D eigenvalue weighted by molar-refractivity contribution is 6.11. The Kier molecular flexibility index (Phi) is 5.48. The van der Waals surface area contributed by atoms with E-state index in [0.29, 0.717) is 17.5 Å². The number of hydrogen-bond acceptors (Lipinski definition) is 5. The molecule has 0 saturated heterocycles. The molecule has 0 aliphatic rings. The summed E-state index contributed by atoms with van der Waals surface area (Å²) in [5.74, 6) is 1.80. The van der Waals surface area contributed by atoms with Gasteiger partial charge in [0.15, 0.2) is 17.5 Å². The summed E-state index contributed by atoms with van der Waals surface area (Å²) in [5, 5.41) is 2.08. The number of para-hydroxylation sites is 1. The molecule has 0 aliphatic heterocycles. The second-order valence-electron chi connectivity index (χ2n) is 9.69. The maximum atomic E-state index is 6.47. The Balaban J connectivity index is 1.57. The number of nitrogens with zero attached hydrogens (tertiary/aromatic N) is 4. The van der Waals surface area contributed by atoms with Crippen LogP contribution in [0.15, 0.2) is 114 Å². The van der Waals surface area contributed by atoms with Crippen LogP contribution in [0.1, 0.15) is 11.1 Å². The van der Waals surface area contributed by atoms with Crippen LogP contribution in [-0.4, -0.2) is 19.9 Å². The van der Waals surface area contributed by atoms with Gasteiger partial charge in [-0.2, -0.15) is 0 Å². The van der Waals surface area contributed by atoms with E-state index in [4.69, 9.17) is 19.4 Å². The Morgan fingerprint density at radius 2 is 1.10 bits per heavy atom. The second kappa shape index (κ2) is 9.30. The van der Waals surface area contributed by atoms with Crippen molar-refractivity contribution in [1.29, 1.82) is 0 Å². The third-order valence-corrected chi connectivity index (χ3v) is 7.03. The number of furan rings is 1. The van der Waals surface area contributed by atoms with E-state index in [1.807, 2.05) is 91.3 Å². The van der Waals surface area contributed by atoms with Crippen LogP contribution in [0, 0.1) is 13.8 Å². The molecule has 3 aromatic heterocycles. The Morgan fingerprint density at radius 1 is 0.538 bits per heavy atom. The van der Waals surface area contributed by atoms with Gasteiger partial charge in [-0.3, -0.25) is 4.98 Å². The molecule has 3 heterocycles. The SMILES string of the molecule is Cc1cncc(C)c1-c1cc(-c2nc(-c3ccccc3)nc(-c3ccccc3)n2)c2oc3ccccc3c2c1. The molecule has 0 aliphatic carbocycles. The van der Waals surface area contributed by atoms with Crippen molar-refractivity contribution in [3.63, 3.8) is 0 Å². The molecule has 0 N–H and O–H groups in total. The van der Waals surface area contributed by atoms with Crippen LogP contribution < -0.4 is 0 Å². The van der Waals surface area contributed by atoms with Crippen LogP contribution >= 0.6 is 0 Å². The van der Waals surface area contributed by atoms with Gasteiger partial charge in [-0.15, -0.1) is 0 Å². The number of aryl methyl sites for hydroxylation is 2. The number of benzene rings is 4. The summed E-state index contributed by atoms with van der Waals surface area (Å²) in [6.07, 6.45) is 3.81. The van der Waals surface area contributed by atoms with Crippen molar-refractivity contribution >= 4 is 21.9 Å². The van der Waals surface area contributed by atoms with E-state index in [1.165, 1.54) is 0 Å². The summed E-state index contributed by atoms with van der Waals surface area (Å²) in [6, 6.07) is 32.5. The molecule has 0 spiro atoms. The summed E-state index contributed by atoms with van der Waals surface area (Å²) >= 11 is 0. The largest absolute Gasteiger partial charge is 0.455 e. The third-order valence-electron chi connectivity index (χ3n) is 7.03. The van der Waals surface area contributed by atoms with Crippen LogP contribution in [0.5, 0.6) is 0 Å². The molecule has 0 unspecified atom stereocenters. The van der Waals surface area contributed by atoms with Gasteiger partial charge in [0.05, 0.1) is 5.56 Å². The van der Waals surface area contributed by atoms with E-state index in [2.05, 4.69) is 37.0 Å². The van der Waals surface area contributed by atoms with Gasteiger partial charge in [-0.1, -0.05) is 78.9 Å². The maximum Gasteiger partial charge on any atom is 0.167 e. The topological polar surface area (TPSA) is 64.7 Å². The number of pyridine rings is 1. The highest BCUT2D eigenvalue weighted by atomic mass is 16.3. The van der Waals surface area contributed by atoms with Crippen molar-refractivity contribution < 1.29 is 4.42 Å². The first-order valence-corrected chi connectivity index (χ1v) is 12.9. The third kappa shape index (κ3) is 4.05. The molecule has 5 heteroatoms. The molecule has 7 aromatic rings. The molecule has 0 saturated carbocycles. The van der Waals surface area contributed by atoms with E-state index < -0.39 is 0 Å². The van der Waals surface area contributed by atoms with Crippen LogP contribution in [-0.2, 0) is 0 Å². The zero-order chi connectivity index (χ0) is 26.3. The van der Waals surface area contributed by atoms with E-state index in [1.54, 1.807) is 0 Å². The highest BCUT2D eigenvalue weighted by Crippen LogP contribution is 2.40. The highest BCUT2D eigenvalue weighted by Gasteiger charge is 2.20. The Morgan fingerprint density at radius 3 is 1.74 bits per heavy atom. The smallest absolute Gasteiger partial charge is 0.167 e. The first-order chi connectivity index (χ1) is 19.2. The normalized spacial score (nSPS) is 11.3. The predicted molar refractivity (Wildman–Crippen MR) is 156 cm³/mol. The van der Waals surface area contributed by atoms with Crippen molar-refractivity contribution in [1.82, 2.24) is 19.9 Å². The molecule has 0 atom stereocenters. The molecule has 0 bridgehead atoms. The number of fused-ring (bicyclic) bond motifs is 3. The predicted octanol–water partition coefficient (Wildman–Crippen LogP) is 8.45. The van der Waals surface area contributed by atoms with Gasteiger partial charge in [0, 0.05) is 34.3 Å². The first-order valence-electron chi connectivity index (χ1n) is 12.9. The van der Waals surface area contributed by atoms with Gasteiger partial charge in [0.2, 0.25) is 0 Å². The van der Waals surface area contributed by atoms with Crippen LogP contribution in [0.4, 0.5) is 0 Å². The van der Waals surface area contributed by atoms with Gasteiger partial charge in [-0.05, 0) is 54.3 Å². The number of hydrogen-bond donors (Lipinski definition) is 0.